The minimum Gasteiger partial charge on any atom is -0.370 e. The first kappa shape index (κ1) is 78.5. The number of unbranched alkanes of at least 4 members (excludes halogenated alkanes) is 1. The van der Waals surface area contributed by atoms with Gasteiger partial charge in [0.2, 0.25) is 76.8 Å². The SMILES string of the molecule is CSCC[C@H](NC(=O)[C@@H](CC(C)C)NC(=O)CNC(=O)[C@H](Cc1ccccc1)NC(=O)[C@H](Cc1ccccc1)NC(=O)[C@H](CCC(N)=O)NC(=O)[C@@H](CCC(N)=O)NC(=O)[C@H]1CCCN1C(=O)[C@H](CCCCN)NC(=O)[C@H]1CCCN1C(=O)[C@H](N)CCCN=C(N)N)C(N)=O. The highest BCUT2D eigenvalue weighted by Crippen LogP contribution is 2.24. The Kier molecular flexibility index (Phi) is 33.9. The molecule has 0 bridgehead atoms. The van der Waals surface area contributed by atoms with Gasteiger partial charge in [0.15, 0.2) is 5.96 Å². The third-order valence-electron chi connectivity index (χ3n) is 16.0. The Balaban J connectivity index is 1.56. The number of nitrogens with zero attached hydrogens (tertiary/aromatic N) is 3. The summed E-state index contributed by atoms with van der Waals surface area (Å²) in [5, 5.41) is 21.1. The molecule has 0 aliphatic carbocycles. The normalized spacial score (nSPS) is 16.8. The van der Waals surface area contributed by atoms with Gasteiger partial charge in [0.1, 0.15) is 54.4 Å². The lowest BCUT2D eigenvalue weighted by molar-refractivity contribution is -0.144. The van der Waals surface area contributed by atoms with Crippen LogP contribution in [0.1, 0.15) is 121 Å². The predicted octanol–water partition coefficient (Wildman–Crippen LogP) is -3.71. The fraction of sp³-hybridized carbons (Fsp3) is 0.587. The first-order valence-electron chi connectivity index (χ1n) is 32.2. The highest BCUT2D eigenvalue weighted by atomic mass is 32.2. The molecule has 0 unspecified atom stereocenters. The van der Waals surface area contributed by atoms with E-state index in [-0.39, 0.29) is 83.0 Å². The molecule has 0 saturated carbocycles. The van der Waals surface area contributed by atoms with Crippen LogP contribution in [0.25, 0.3) is 0 Å². The van der Waals surface area contributed by atoms with Crippen molar-refractivity contribution < 1.29 is 62.3 Å². The van der Waals surface area contributed by atoms with Crippen LogP contribution in [-0.2, 0) is 75.2 Å². The van der Waals surface area contributed by atoms with Crippen LogP contribution >= 0.6 is 11.8 Å². The van der Waals surface area contributed by atoms with E-state index >= 15 is 0 Å². The van der Waals surface area contributed by atoms with Crippen molar-refractivity contribution in [2.45, 2.75) is 183 Å². The molecule has 32 heteroatoms. The maximum Gasteiger partial charge on any atom is 0.245 e. The molecule has 2 fully saturated rings. The molecule has 13 amide bonds. The smallest absolute Gasteiger partial charge is 0.245 e. The molecule has 2 saturated heterocycles. The number of hydrogen-bond acceptors (Lipinski definition) is 17. The zero-order valence-electron chi connectivity index (χ0n) is 54.5. The Hall–Kier alpha value is -8.91. The van der Waals surface area contributed by atoms with Crippen LogP contribution in [0.5, 0.6) is 0 Å². The molecule has 0 aromatic heterocycles. The van der Waals surface area contributed by atoms with Crippen LogP contribution in [-0.4, -0.2) is 198 Å². The maximum atomic E-state index is 14.7. The van der Waals surface area contributed by atoms with Gasteiger partial charge in [0, 0.05) is 45.3 Å². The van der Waals surface area contributed by atoms with Crippen LogP contribution in [0.4, 0.5) is 0 Å². The highest BCUT2D eigenvalue weighted by molar-refractivity contribution is 7.98. The Labute approximate surface area is 558 Å². The molecule has 0 spiro atoms. The minimum atomic E-state index is -1.64. The van der Waals surface area contributed by atoms with Gasteiger partial charge in [-0.1, -0.05) is 74.5 Å². The second-order valence-corrected chi connectivity index (χ2v) is 25.1. The average molecular weight is 1350 g/mol. The first-order valence-corrected chi connectivity index (χ1v) is 33.6. The van der Waals surface area contributed by atoms with E-state index in [4.69, 9.17) is 40.1 Å². The number of rotatable bonds is 42. The molecule has 524 valence electrons. The Morgan fingerprint density at radius 1 is 0.537 bits per heavy atom. The quantitative estimate of drug-likeness (QED) is 0.0173. The van der Waals surface area contributed by atoms with E-state index in [1.54, 1.807) is 60.7 Å². The van der Waals surface area contributed by atoms with E-state index < -0.39 is 169 Å². The van der Waals surface area contributed by atoms with Crippen molar-refractivity contribution >= 4 is 94.5 Å². The Bertz CT molecular complexity index is 2960. The summed E-state index contributed by atoms with van der Waals surface area (Å²) in [6.07, 6.45) is 3.12. The molecule has 4 rings (SSSR count). The van der Waals surface area contributed by atoms with Gasteiger partial charge in [-0.05, 0) is 119 Å². The average Bonchev–Trinajstić information content (AvgIpc) is 1.74. The van der Waals surface area contributed by atoms with Gasteiger partial charge in [-0.3, -0.25) is 67.3 Å². The zero-order chi connectivity index (χ0) is 70.1. The highest BCUT2D eigenvalue weighted by Gasteiger charge is 2.42. The predicted molar refractivity (Wildman–Crippen MR) is 356 cm³/mol. The Morgan fingerprint density at radius 3 is 1.51 bits per heavy atom. The van der Waals surface area contributed by atoms with Gasteiger partial charge in [-0.15, -0.1) is 0 Å². The molecular weight excluding hydrogens is 1250 g/mol. The van der Waals surface area contributed by atoms with E-state index in [0.717, 1.165) is 0 Å². The maximum absolute atomic E-state index is 14.7. The summed E-state index contributed by atoms with van der Waals surface area (Å²) >= 11 is 1.45. The number of amides is 13. The lowest BCUT2D eigenvalue weighted by atomic mass is 10.0. The molecule has 31 nitrogen and oxygen atoms in total. The largest absolute Gasteiger partial charge is 0.370 e. The number of hydrogen-bond donors (Lipinski definition) is 15. The minimum absolute atomic E-state index is 0.0736. The number of thioether (sulfide) groups is 1. The number of carbonyl (C=O) groups excluding carboxylic acids is 13. The lowest BCUT2D eigenvalue weighted by Gasteiger charge is -2.32. The summed E-state index contributed by atoms with van der Waals surface area (Å²) in [7, 11) is 0. The summed E-state index contributed by atoms with van der Waals surface area (Å²) < 4.78 is 0. The van der Waals surface area contributed by atoms with Crippen LogP contribution in [0, 0.1) is 5.92 Å². The van der Waals surface area contributed by atoms with Crippen molar-refractivity contribution in [1.82, 2.24) is 52.3 Å². The lowest BCUT2D eigenvalue weighted by Crippen LogP contribution is -2.60. The topological polar surface area (TPSA) is 519 Å². The molecule has 10 atom stereocenters. The van der Waals surface area contributed by atoms with E-state index in [9.17, 15) is 62.3 Å². The second-order valence-electron chi connectivity index (χ2n) is 24.1. The van der Waals surface area contributed by atoms with Crippen molar-refractivity contribution in [3.05, 3.63) is 71.8 Å². The van der Waals surface area contributed by atoms with Crippen LogP contribution in [0.3, 0.4) is 0 Å². The number of guanidine groups is 1. The van der Waals surface area contributed by atoms with Gasteiger partial charge in [0.05, 0.1) is 12.6 Å². The van der Waals surface area contributed by atoms with Gasteiger partial charge in [0.25, 0.3) is 0 Å². The number of carbonyl (C=O) groups is 13. The van der Waals surface area contributed by atoms with Crippen molar-refractivity contribution in [1.29, 1.82) is 0 Å². The molecule has 95 heavy (non-hydrogen) atoms. The van der Waals surface area contributed by atoms with Crippen molar-refractivity contribution in [2.75, 3.05) is 44.7 Å². The molecular formula is C63H98N18O13S. The standard InChI is InChI=1S/C63H98N18O13S/c1-37(2)33-45(57(89)74-41(53(68)85)27-32-95-3)73-52(84)36-72-54(86)46(34-38-15-6-4-7-16-38)78-58(90)47(35-39-17-8-5-9-18-39)79-56(88)42(23-25-50(66)82)75-55(87)43(24-26-51(67)83)76-59(91)49-22-14-31-81(49)62(94)44(20-10-11-28-64)77-60(92)48-21-13-30-80(48)61(93)40(65)19-12-29-71-63(69)70/h4-9,15-18,37,40-49H,10-14,19-36,64-65H2,1-3H3,(H2,66,82)(H2,67,83)(H2,68,85)(H,72,86)(H,73,84)(H,74,89)(H,75,87)(H,76,91)(H,77,92)(H,78,90)(H,79,88)(H4,69,70,71)/t40-,41+,42+,43-,44+,45-,46+,47+,48-,49-/m1/s1. The fourth-order valence-corrected chi connectivity index (χ4v) is 11.5. The number of nitrogens with one attached hydrogen (secondary N) is 8. The van der Waals surface area contributed by atoms with Gasteiger partial charge in [-0.25, -0.2) is 0 Å². The van der Waals surface area contributed by atoms with Crippen molar-refractivity contribution in [3.63, 3.8) is 0 Å². The number of benzene rings is 2. The van der Waals surface area contributed by atoms with Crippen molar-refractivity contribution in [2.24, 2.45) is 51.0 Å². The molecule has 22 N–H and O–H groups in total. The summed E-state index contributed by atoms with van der Waals surface area (Å²) in [6, 6.07) is 4.51. The van der Waals surface area contributed by atoms with Gasteiger partial charge >= 0.3 is 0 Å². The number of primary amides is 3. The van der Waals surface area contributed by atoms with E-state index in [2.05, 4.69) is 47.5 Å². The Morgan fingerprint density at radius 2 is 1.01 bits per heavy atom. The van der Waals surface area contributed by atoms with Crippen LogP contribution in [0.15, 0.2) is 65.7 Å². The molecule has 0 radical (unpaired) electrons. The third-order valence-corrected chi connectivity index (χ3v) is 16.7. The molecule has 2 aromatic rings. The molecule has 2 aliphatic heterocycles. The van der Waals surface area contributed by atoms with Crippen LogP contribution in [0.2, 0.25) is 0 Å². The zero-order valence-corrected chi connectivity index (χ0v) is 55.3. The van der Waals surface area contributed by atoms with Gasteiger partial charge in [-0.2, -0.15) is 11.8 Å². The number of aliphatic imine (C=N–C) groups is 1. The summed E-state index contributed by atoms with van der Waals surface area (Å²) in [4.78, 5) is 185. The fourth-order valence-electron chi connectivity index (χ4n) is 11.0. The van der Waals surface area contributed by atoms with Crippen LogP contribution < -0.4 is 82.7 Å². The summed E-state index contributed by atoms with van der Waals surface area (Å²) in [5.41, 5.74) is 40.6. The number of likely N-dealkylation sites (tertiary alicyclic amines) is 2. The molecule has 2 aliphatic rings. The number of nitrogens with two attached hydrogens (primary N) is 7. The van der Waals surface area contributed by atoms with E-state index in [1.165, 1.54) is 21.6 Å². The molecule has 2 heterocycles. The van der Waals surface area contributed by atoms with E-state index in [0.29, 0.717) is 55.4 Å². The monoisotopic (exact) mass is 1350 g/mol. The second kappa shape index (κ2) is 41.0. The van der Waals surface area contributed by atoms with Crippen molar-refractivity contribution in [3.8, 4) is 0 Å². The van der Waals surface area contributed by atoms with Gasteiger partial charge < -0.3 is 92.5 Å². The summed E-state index contributed by atoms with van der Waals surface area (Å²) in [6.45, 7) is 3.86. The third kappa shape index (κ3) is 27.5. The molecule has 2 aromatic carbocycles. The van der Waals surface area contributed by atoms with E-state index in [1.807, 2.05) is 20.1 Å². The summed E-state index contributed by atoms with van der Waals surface area (Å²) in [5.74, 6) is -9.80. The first-order chi connectivity index (χ1) is 45.2.